The molecule has 2 heterocycles. The molecule has 0 radical (unpaired) electrons. The first kappa shape index (κ1) is 16.4. The number of fused-ring (bicyclic) bond motifs is 1. The Morgan fingerprint density at radius 3 is 2.92 bits per heavy atom. The number of ether oxygens (including phenoxy) is 2. The molecule has 1 aliphatic heterocycles. The number of methoxy groups -OCH3 is 1. The third-order valence-electron chi connectivity index (χ3n) is 4.24. The summed E-state index contributed by atoms with van der Waals surface area (Å²) in [6.07, 6.45) is 1.90. The molecule has 0 bridgehead atoms. The maximum Gasteiger partial charge on any atom is 0.345 e. The Labute approximate surface area is 138 Å². The second-order valence-corrected chi connectivity index (χ2v) is 5.85. The Hall–Kier alpha value is -2.45. The Balaban J connectivity index is 1.83. The molecule has 8 nitrogen and oxygen atoms in total. The van der Waals surface area contributed by atoms with Crippen molar-refractivity contribution in [2.75, 3.05) is 19.0 Å². The Kier molecular flexibility index (Phi) is 4.25. The fourth-order valence-corrected chi connectivity index (χ4v) is 2.58. The number of H-pyrrole nitrogens is 1. The summed E-state index contributed by atoms with van der Waals surface area (Å²) in [5.74, 6) is -1.35. The molecule has 24 heavy (non-hydrogen) atoms. The lowest BCUT2D eigenvalue weighted by atomic mass is 10.1. The van der Waals surface area contributed by atoms with Crippen LogP contribution in [0.1, 0.15) is 31.7 Å². The van der Waals surface area contributed by atoms with Gasteiger partial charge in [0.15, 0.2) is 0 Å². The number of carbonyl (C=O) groups is 2. The molecule has 1 saturated heterocycles. The molecule has 0 saturated carbocycles. The lowest BCUT2D eigenvalue weighted by molar-refractivity contribution is -0.165. The van der Waals surface area contributed by atoms with Crippen LogP contribution in [-0.4, -0.2) is 46.3 Å². The molecule has 3 N–H and O–H groups in total. The van der Waals surface area contributed by atoms with Gasteiger partial charge in [-0.1, -0.05) is 0 Å². The first-order chi connectivity index (χ1) is 11.4. The molecule has 1 amide bonds. The number of aliphatic carboxylic acids is 1. The average molecular weight is 333 g/mol. The summed E-state index contributed by atoms with van der Waals surface area (Å²) < 4.78 is 10.4. The van der Waals surface area contributed by atoms with E-state index in [1.165, 1.54) is 14.0 Å². The predicted molar refractivity (Wildman–Crippen MR) is 85.7 cm³/mol. The first-order valence-corrected chi connectivity index (χ1v) is 7.65. The van der Waals surface area contributed by atoms with Gasteiger partial charge in [-0.3, -0.25) is 4.79 Å². The maximum atomic E-state index is 12.2. The number of anilines is 1. The number of carboxylic acids is 1. The van der Waals surface area contributed by atoms with Gasteiger partial charge >= 0.3 is 5.97 Å². The number of nitrogens with one attached hydrogen (secondary N) is 2. The zero-order valence-electron chi connectivity index (χ0n) is 13.5. The number of hydrogen-bond donors (Lipinski definition) is 3. The van der Waals surface area contributed by atoms with Crippen LogP contribution < -0.4 is 5.32 Å². The van der Waals surface area contributed by atoms with E-state index in [9.17, 15) is 9.59 Å². The summed E-state index contributed by atoms with van der Waals surface area (Å²) in [5, 5.41) is 11.7. The maximum absolute atomic E-state index is 12.2. The van der Waals surface area contributed by atoms with Crippen molar-refractivity contribution in [3.8, 4) is 0 Å². The number of rotatable bonds is 5. The molecule has 1 aromatic carbocycles. The van der Waals surface area contributed by atoms with Gasteiger partial charge in [0, 0.05) is 19.4 Å². The van der Waals surface area contributed by atoms with Crippen molar-refractivity contribution in [3.63, 3.8) is 0 Å². The summed E-state index contributed by atoms with van der Waals surface area (Å²) in [6.45, 7) is 1.93. The van der Waals surface area contributed by atoms with Crippen molar-refractivity contribution < 1.29 is 24.2 Å². The highest BCUT2D eigenvalue weighted by molar-refractivity contribution is 6.11. The van der Waals surface area contributed by atoms with Crippen LogP contribution in [0.25, 0.3) is 11.0 Å². The van der Waals surface area contributed by atoms with Crippen molar-refractivity contribution in [1.29, 1.82) is 0 Å². The first-order valence-electron chi connectivity index (χ1n) is 7.65. The number of carboxylic acid groups (broad SMARTS) is 1. The van der Waals surface area contributed by atoms with E-state index in [0.29, 0.717) is 5.69 Å². The minimum absolute atomic E-state index is 0.0285. The molecule has 2 unspecified atom stereocenters. The molecule has 128 valence electrons. The van der Waals surface area contributed by atoms with Crippen molar-refractivity contribution in [1.82, 2.24) is 9.97 Å². The number of hydrogen-bond acceptors (Lipinski definition) is 5. The molecular formula is C16H19N3O5. The molecular weight excluding hydrogens is 314 g/mol. The zero-order chi connectivity index (χ0) is 17.3. The highest BCUT2D eigenvalue weighted by atomic mass is 16.5. The van der Waals surface area contributed by atoms with Gasteiger partial charge in [-0.2, -0.15) is 0 Å². The number of imidazole rings is 1. The smallest absolute Gasteiger partial charge is 0.345 e. The van der Waals surface area contributed by atoms with E-state index >= 15 is 0 Å². The van der Waals surface area contributed by atoms with Crippen LogP contribution in [-0.2, 0) is 19.1 Å². The molecule has 1 fully saturated rings. The second-order valence-electron chi connectivity index (χ2n) is 5.85. The van der Waals surface area contributed by atoms with Crippen LogP contribution in [0.5, 0.6) is 0 Å². The third-order valence-corrected chi connectivity index (χ3v) is 4.24. The van der Waals surface area contributed by atoms with Crippen LogP contribution in [0, 0.1) is 0 Å². The standard InChI is InChI=1S/C16H19N3O5/c1-16(23-2,15(21)22)14(20)17-9-5-6-10-11(8-9)19-13(18-10)12-4-3-7-24-12/h5-6,8,12H,3-4,7H2,1-2H3,(H,17,20)(H,18,19)(H,21,22). The number of carbonyl (C=O) groups excluding carboxylic acids is 1. The summed E-state index contributed by atoms with van der Waals surface area (Å²) in [4.78, 5) is 31.1. The molecule has 0 spiro atoms. The van der Waals surface area contributed by atoms with E-state index in [-0.39, 0.29) is 6.10 Å². The van der Waals surface area contributed by atoms with E-state index in [1.54, 1.807) is 18.2 Å². The van der Waals surface area contributed by atoms with Crippen molar-refractivity contribution in [3.05, 3.63) is 24.0 Å². The quantitative estimate of drug-likeness (QED) is 0.720. The van der Waals surface area contributed by atoms with Crippen LogP contribution in [0.4, 0.5) is 5.69 Å². The van der Waals surface area contributed by atoms with E-state index < -0.39 is 17.5 Å². The Bertz CT molecular complexity index is 781. The van der Waals surface area contributed by atoms with Crippen LogP contribution in [0.2, 0.25) is 0 Å². The normalized spacial score (nSPS) is 20.0. The Morgan fingerprint density at radius 1 is 1.50 bits per heavy atom. The van der Waals surface area contributed by atoms with Gasteiger partial charge in [-0.15, -0.1) is 0 Å². The number of aromatic nitrogens is 2. The van der Waals surface area contributed by atoms with E-state index in [0.717, 1.165) is 36.3 Å². The molecule has 2 atom stereocenters. The summed E-state index contributed by atoms with van der Waals surface area (Å²) >= 11 is 0. The molecule has 0 aliphatic carbocycles. The minimum Gasteiger partial charge on any atom is -0.479 e. The topological polar surface area (TPSA) is 114 Å². The molecule has 2 aromatic rings. The monoisotopic (exact) mass is 333 g/mol. The Morgan fingerprint density at radius 2 is 2.29 bits per heavy atom. The van der Waals surface area contributed by atoms with Crippen LogP contribution in [0.15, 0.2) is 18.2 Å². The van der Waals surface area contributed by atoms with Crippen molar-refractivity contribution in [2.24, 2.45) is 0 Å². The molecule has 1 aromatic heterocycles. The van der Waals surface area contributed by atoms with Gasteiger partial charge < -0.3 is 24.9 Å². The van der Waals surface area contributed by atoms with Crippen molar-refractivity contribution >= 4 is 28.6 Å². The zero-order valence-corrected chi connectivity index (χ0v) is 13.5. The van der Waals surface area contributed by atoms with Gasteiger partial charge in [0.1, 0.15) is 11.9 Å². The van der Waals surface area contributed by atoms with E-state index in [1.807, 2.05) is 0 Å². The number of benzene rings is 1. The van der Waals surface area contributed by atoms with Gasteiger partial charge in [0.25, 0.3) is 5.91 Å². The molecule has 1 aliphatic rings. The largest absolute Gasteiger partial charge is 0.479 e. The van der Waals surface area contributed by atoms with Gasteiger partial charge in [0.05, 0.1) is 11.0 Å². The molecule has 3 rings (SSSR count). The van der Waals surface area contributed by atoms with Gasteiger partial charge in [-0.05, 0) is 38.0 Å². The highest BCUT2D eigenvalue weighted by Crippen LogP contribution is 2.28. The number of amides is 1. The lowest BCUT2D eigenvalue weighted by Crippen LogP contribution is -2.48. The molecule has 8 heteroatoms. The van der Waals surface area contributed by atoms with Crippen LogP contribution >= 0.6 is 0 Å². The highest BCUT2D eigenvalue weighted by Gasteiger charge is 2.41. The van der Waals surface area contributed by atoms with Crippen molar-refractivity contribution in [2.45, 2.75) is 31.5 Å². The number of nitrogens with zero attached hydrogens (tertiary/aromatic N) is 1. The third kappa shape index (κ3) is 2.85. The fraction of sp³-hybridized carbons (Fsp3) is 0.438. The van der Waals surface area contributed by atoms with E-state index in [4.69, 9.17) is 14.6 Å². The average Bonchev–Trinajstić information content (AvgIpc) is 3.22. The summed E-state index contributed by atoms with van der Waals surface area (Å²) in [6, 6.07) is 5.12. The van der Waals surface area contributed by atoms with Crippen LogP contribution in [0.3, 0.4) is 0 Å². The van der Waals surface area contributed by atoms with Gasteiger partial charge in [-0.25, -0.2) is 9.78 Å². The second kappa shape index (κ2) is 6.21. The van der Waals surface area contributed by atoms with E-state index in [2.05, 4.69) is 15.3 Å². The summed E-state index contributed by atoms with van der Waals surface area (Å²) in [7, 11) is 1.18. The number of aromatic amines is 1. The van der Waals surface area contributed by atoms with Gasteiger partial charge in [0.2, 0.25) is 5.60 Å². The predicted octanol–water partition coefficient (Wildman–Crippen LogP) is 1.84. The fourth-order valence-electron chi connectivity index (χ4n) is 2.58. The summed E-state index contributed by atoms with van der Waals surface area (Å²) in [5.41, 5.74) is 0.00440. The SMILES string of the molecule is COC(C)(C(=O)O)C(=O)Nc1ccc2nc(C3CCCO3)[nH]c2c1. The lowest BCUT2D eigenvalue weighted by Gasteiger charge is -2.21. The minimum atomic E-state index is -1.95.